The van der Waals surface area contributed by atoms with Crippen LogP contribution in [0.1, 0.15) is 19.6 Å². The molecule has 1 saturated heterocycles. The molecular formula is C26H29N3O5S. The molecule has 0 aliphatic carbocycles. The quantitative estimate of drug-likeness (QED) is 0.457. The number of nitrogens with zero attached hydrogens (tertiary/aromatic N) is 2. The Morgan fingerprint density at radius 3 is 2.57 bits per heavy atom. The second kappa shape index (κ2) is 10.6. The summed E-state index contributed by atoms with van der Waals surface area (Å²) >= 11 is 0. The molecule has 1 aliphatic heterocycles. The minimum Gasteiger partial charge on any atom is -0.456 e. The number of allylic oxidation sites excluding steroid dienone is 2. The van der Waals surface area contributed by atoms with Crippen LogP contribution in [0.2, 0.25) is 0 Å². The van der Waals surface area contributed by atoms with E-state index in [4.69, 9.17) is 14.3 Å². The van der Waals surface area contributed by atoms with Crippen molar-refractivity contribution in [1.82, 2.24) is 4.72 Å². The third-order valence-corrected chi connectivity index (χ3v) is 7.59. The van der Waals surface area contributed by atoms with Crippen molar-refractivity contribution in [1.29, 1.82) is 5.26 Å². The van der Waals surface area contributed by atoms with Crippen molar-refractivity contribution < 1.29 is 22.7 Å². The van der Waals surface area contributed by atoms with Crippen LogP contribution < -0.4 is 9.62 Å². The van der Waals surface area contributed by atoms with E-state index in [9.17, 15) is 13.7 Å². The number of nitriles is 1. The van der Waals surface area contributed by atoms with Crippen molar-refractivity contribution >= 4 is 32.1 Å². The van der Waals surface area contributed by atoms with Gasteiger partial charge in [0, 0.05) is 43.1 Å². The first-order valence-electron chi connectivity index (χ1n) is 11.5. The number of fused-ring (bicyclic) bond motifs is 1. The number of aliphatic hydroxyl groups excluding tert-OH is 1. The first-order chi connectivity index (χ1) is 16.8. The molecule has 0 amide bonds. The lowest BCUT2D eigenvalue weighted by molar-refractivity contribution is 0.122. The molecule has 9 heteroatoms. The maximum absolute atomic E-state index is 12.6. The Kier molecular flexibility index (Phi) is 7.57. The van der Waals surface area contributed by atoms with E-state index < -0.39 is 14.9 Å². The van der Waals surface area contributed by atoms with E-state index in [0.29, 0.717) is 11.5 Å². The average Bonchev–Trinajstić information content (AvgIpc) is 3.38. The van der Waals surface area contributed by atoms with Crippen LogP contribution >= 0.6 is 0 Å². The van der Waals surface area contributed by atoms with E-state index >= 15 is 0 Å². The summed E-state index contributed by atoms with van der Waals surface area (Å²) in [5.41, 5.74) is 2.24. The zero-order valence-electron chi connectivity index (χ0n) is 19.8. The number of anilines is 1. The maximum atomic E-state index is 12.6. The highest BCUT2D eigenvalue weighted by Crippen LogP contribution is 2.31. The largest absolute Gasteiger partial charge is 0.456 e. The lowest BCUT2D eigenvalue weighted by Crippen LogP contribution is -2.36. The van der Waals surface area contributed by atoms with Gasteiger partial charge in [-0.2, -0.15) is 5.26 Å². The van der Waals surface area contributed by atoms with Gasteiger partial charge in [-0.15, -0.1) is 0 Å². The zero-order chi connectivity index (χ0) is 25.0. The summed E-state index contributed by atoms with van der Waals surface area (Å²) in [5.74, 6) is 0.619. The molecular weight excluding hydrogens is 466 g/mol. The Morgan fingerprint density at radius 2 is 1.86 bits per heavy atom. The van der Waals surface area contributed by atoms with E-state index in [1.165, 1.54) is 5.69 Å². The normalized spacial score (nSPS) is 16.1. The second-order valence-corrected chi connectivity index (χ2v) is 10.4. The van der Waals surface area contributed by atoms with E-state index in [0.717, 1.165) is 42.6 Å². The molecule has 0 radical (unpaired) electrons. The highest BCUT2D eigenvalue weighted by Gasteiger charge is 2.23. The van der Waals surface area contributed by atoms with Gasteiger partial charge >= 0.3 is 0 Å². The number of morpholine rings is 1. The van der Waals surface area contributed by atoms with Gasteiger partial charge in [0.2, 0.25) is 0 Å². The molecule has 1 aromatic heterocycles. The van der Waals surface area contributed by atoms with Crippen LogP contribution in [-0.4, -0.2) is 53.0 Å². The Labute approximate surface area is 205 Å². The second-order valence-electron chi connectivity index (χ2n) is 8.72. The number of nitrogens with one attached hydrogen (secondary N) is 1. The number of aliphatic hydroxyl groups is 1. The van der Waals surface area contributed by atoms with Crippen molar-refractivity contribution in [3.63, 3.8) is 0 Å². The summed E-state index contributed by atoms with van der Waals surface area (Å²) in [6, 6.07) is 17.6. The molecule has 1 aliphatic rings. The molecule has 0 bridgehead atoms. The predicted molar refractivity (Wildman–Crippen MR) is 136 cm³/mol. The Morgan fingerprint density at radius 1 is 1.14 bits per heavy atom. The molecule has 8 nitrogen and oxygen atoms in total. The Bertz CT molecular complexity index is 1380. The van der Waals surface area contributed by atoms with Gasteiger partial charge in [0.25, 0.3) is 10.0 Å². The van der Waals surface area contributed by atoms with E-state index in [2.05, 4.69) is 27.8 Å². The molecule has 2 N–H and O–H groups in total. The van der Waals surface area contributed by atoms with Crippen LogP contribution in [0.25, 0.3) is 27.7 Å². The number of rotatable bonds is 8. The standard InChI is InChI=1S/C26H29N3O5S/c1-18(17-30)16-28-35(31,32)26(15-27)19(2)24-7-8-25(34-24)22-4-3-21-14-23(6-5-20(21)13-22)29-9-11-33-12-10-29/h3-8,13-14,18,28,30H,9-12,16-17H2,1-2H3/b26-19+. The molecule has 1 unspecified atom stereocenters. The average molecular weight is 496 g/mol. The lowest BCUT2D eigenvalue weighted by Gasteiger charge is -2.29. The number of furan rings is 1. The van der Waals surface area contributed by atoms with Crippen LogP contribution in [0, 0.1) is 17.2 Å². The molecule has 0 spiro atoms. The minimum absolute atomic E-state index is 0.0328. The van der Waals surface area contributed by atoms with Gasteiger partial charge in [-0.3, -0.25) is 0 Å². The summed E-state index contributed by atoms with van der Waals surface area (Å²) in [6.45, 7) is 6.35. The highest BCUT2D eigenvalue weighted by atomic mass is 32.2. The van der Waals surface area contributed by atoms with Gasteiger partial charge < -0.3 is 19.2 Å². The van der Waals surface area contributed by atoms with Gasteiger partial charge in [0.15, 0.2) is 4.91 Å². The SMILES string of the molecule is C/C(=C(/C#N)S(=O)(=O)NCC(C)CO)c1ccc(-c2ccc3cc(N4CCOCC4)ccc3c2)o1. The van der Waals surface area contributed by atoms with Gasteiger partial charge in [0.1, 0.15) is 17.6 Å². The molecule has 3 aromatic rings. The minimum atomic E-state index is -4.04. The number of hydrogen-bond donors (Lipinski definition) is 2. The molecule has 184 valence electrons. The summed E-state index contributed by atoms with van der Waals surface area (Å²) < 4.78 is 39.1. The van der Waals surface area contributed by atoms with Crippen LogP contribution in [-0.2, 0) is 14.8 Å². The zero-order valence-corrected chi connectivity index (χ0v) is 20.6. The highest BCUT2D eigenvalue weighted by molar-refractivity contribution is 7.93. The predicted octanol–water partition coefficient (Wildman–Crippen LogP) is 3.74. The van der Waals surface area contributed by atoms with Crippen LogP contribution in [0.3, 0.4) is 0 Å². The van der Waals surface area contributed by atoms with Gasteiger partial charge in [-0.05, 0) is 53.9 Å². The fourth-order valence-electron chi connectivity index (χ4n) is 3.95. The van der Waals surface area contributed by atoms with Crippen molar-refractivity contribution in [3.8, 4) is 17.4 Å². The van der Waals surface area contributed by atoms with E-state index in [1.807, 2.05) is 18.2 Å². The van der Waals surface area contributed by atoms with Gasteiger partial charge in [-0.1, -0.05) is 25.1 Å². The fraction of sp³-hybridized carbons (Fsp3) is 0.346. The smallest absolute Gasteiger partial charge is 0.251 e. The molecule has 2 aromatic carbocycles. The van der Waals surface area contributed by atoms with E-state index in [-0.39, 0.29) is 24.6 Å². The summed E-state index contributed by atoms with van der Waals surface area (Å²) in [7, 11) is -4.04. The topological polar surface area (TPSA) is 116 Å². The Balaban J connectivity index is 1.59. The molecule has 1 fully saturated rings. The molecule has 35 heavy (non-hydrogen) atoms. The monoisotopic (exact) mass is 495 g/mol. The first kappa shape index (κ1) is 24.9. The third kappa shape index (κ3) is 5.57. The number of sulfonamides is 1. The Hall–Kier alpha value is -3.16. The first-order valence-corrected chi connectivity index (χ1v) is 13.0. The van der Waals surface area contributed by atoms with Crippen molar-refractivity contribution in [2.24, 2.45) is 5.92 Å². The van der Waals surface area contributed by atoms with Crippen LogP contribution in [0.5, 0.6) is 0 Å². The molecule has 4 rings (SSSR count). The van der Waals surface area contributed by atoms with Gasteiger partial charge in [-0.25, -0.2) is 13.1 Å². The summed E-state index contributed by atoms with van der Waals surface area (Å²) in [4.78, 5) is 1.91. The number of hydrogen-bond acceptors (Lipinski definition) is 7. The molecule has 2 heterocycles. The van der Waals surface area contributed by atoms with Gasteiger partial charge in [0.05, 0.1) is 13.2 Å². The third-order valence-electron chi connectivity index (χ3n) is 6.10. The van der Waals surface area contributed by atoms with E-state index in [1.54, 1.807) is 32.0 Å². The summed E-state index contributed by atoms with van der Waals surface area (Å²) in [6.07, 6.45) is 0. The van der Waals surface area contributed by atoms with Crippen LogP contribution in [0.15, 0.2) is 57.9 Å². The van der Waals surface area contributed by atoms with Crippen molar-refractivity contribution in [3.05, 3.63) is 59.2 Å². The van der Waals surface area contributed by atoms with Crippen molar-refractivity contribution in [2.45, 2.75) is 13.8 Å². The number of benzene rings is 2. The molecule has 0 saturated carbocycles. The van der Waals surface area contributed by atoms with Crippen molar-refractivity contribution in [2.75, 3.05) is 44.4 Å². The summed E-state index contributed by atoms with van der Waals surface area (Å²) in [5, 5.41) is 20.9. The number of ether oxygens (including phenoxy) is 1. The maximum Gasteiger partial charge on any atom is 0.251 e. The fourth-order valence-corrected chi connectivity index (χ4v) is 5.22. The lowest BCUT2D eigenvalue weighted by atomic mass is 10.0. The molecule has 1 atom stereocenters. The van der Waals surface area contributed by atoms with Crippen LogP contribution in [0.4, 0.5) is 5.69 Å².